The number of halogens is 1. The predicted octanol–water partition coefficient (Wildman–Crippen LogP) is 2.39. The third-order valence-electron chi connectivity index (χ3n) is 3.90. The first kappa shape index (κ1) is 23.4. The average Bonchev–Trinajstić information content (AvgIpc) is 2.69. The van der Waals surface area contributed by atoms with E-state index in [9.17, 15) is 9.59 Å². The number of nitrogens with one attached hydrogen (secondary N) is 2. The second kappa shape index (κ2) is 12.0. The van der Waals surface area contributed by atoms with E-state index in [1.54, 1.807) is 24.3 Å². The van der Waals surface area contributed by atoms with Gasteiger partial charge in [0, 0.05) is 18.5 Å². The molecule has 0 bridgehead atoms. The molecular weight excluding hydrogens is 473 g/mol. The Morgan fingerprint density at radius 1 is 1.04 bits per heavy atom. The lowest BCUT2D eigenvalue weighted by molar-refractivity contribution is -0.142. The highest BCUT2D eigenvalue weighted by atomic mass is 127. The Balaban J connectivity index is 0.00000392. The van der Waals surface area contributed by atoms with E-state index in [1.807, 2.05) is 24.3 Å². The van der Waals surface area contributed by atoms with Crippen molar-refractivity contribution in [3.05, 3.63) is 65.2 Å². The minimum Gasteiger partial charge on any atom is -0.482 e. The molecule has 0 aliphatic rings. The van der Waals surface area contributed by atoms with Gasteiger partial charge in [-0.05, 0) is 29.7 Å². The van der Waals surface area contributed by atoms with Crippen LogP contribution in [0.15, 0.2) is 48.5 Å². The first-order valence-corrected chi connectivity index (χ1v) is 8.46. The number of nitrogens with two attached hydrogens (primary N) is 1. The van der Waals surface area contributed by atoms with Gasteiger partial charge in [0.15, 0.2) is 6.61 Å². The molecule has 7 nitrogen and oxygen atoms in total. The Kier molecular flexibility index (Phi) is 10.0. The zero-order chi connectivity index (χ0) is 19.6. The molecule has 0 spiro atoms. The van der Waals surface area contributed by atoms with Crippen LogP contribution in [0.5, 0.6) is 5.75 Å². The molecule has 1 amide bonds. The van der Waals surface area contributed by atoms with Crippen LogP contribution in [-0.4, -0.2) is 31.4 Å². The molecule has 8 heteroatoms. The quantitative estimate of drug-likeness (QED) is 0.213. The Labute approximate surface area is 181 Å². The number of esters is 1. The maximum absolute atomic E-state index is 12.0. The molecule has 0 aliphatic heterocycles. The fourth-order valence-electron chi connectivity index (χ4n) is 2.30. The van der Waals surface area contributed by atoms with E-state index in [-0.39, 0.29) is 42.3 Å². The molecule has 2 aromatic carbocycles. The molecule has 0 atom stereocenters. The smallest absolute Gasteiger partial charge is 0.343 e. The van der Waals surface area contributed by atoms with Crippen molar-refractivity contribution in [1.82, 2.24) is 5.32 Å². The highest BCUT2D eigenvalue weighted by Crippen LogP contribution is 2.12. The number of ether oxygens (including phenoxy) is 2. The van der Waals surface area contributed by atoms with Crippen LogP contribution in [0.3, 0.4) is 0 Å². The maximum atomic E-state index is 12.0. The van der Waals surface area contributed by atoms with Crippen LogP contribution in [0.1, 0.15) is 23.1 Å². The van der Waals surface area contributed by atoms with Crippen LogP contribution in [0.25, 0.3) is 0 Å². The summed E-state index contributed by atoms with van der Waals surface area (Å²) in [6, 6.07) is 14.4. The van der Waals surface area contributed by atoms with E-state index in [2.05, 4.69) is 10.1 Å². The standard InChI is InChI=1S/C20H23N3O4.HI/c1-26-19(25)13-27-17-9-4-15(5-10-17)12-23-18(24)11-6-14-2-7-16(8-3-14)20(21)22;/h2-5,7-10H,6,11-13H2,1H3,(H3,21,22)(H,23,24);1H. The summed E-state index contributed by atoms with van der Waals surface area (Å²) < 4.78 is 9.77. The summed E-state index contributed by atoms with van der Waals surface area (Å²) in [5.74, 6) is 0.101. The minimum atomic E-state index is -0.442. The van der Waals surface area contributed by atoms with Gasteiger partial charge in [-0.15, -0.1) is 24.0 Å². The van der Waals surface area contributed by atoms with Gasteiger partial charge in [-0.3, -0.25) is 10.2 Å². The van der Waals surface area contributed by atoms with E-state index in [4.69, 9.17) is 15.9 Å². The lowest BCUT2D eigenvalue weighted by Crippen LogP contribution is -2.23. The van der Waals surface area contributed by atoms with E-state index in [1.165, 1.54) is 7.11 Å². The van der Waals surface area contributed by atoms with Crippen molar-refractivity contribution in [3.63, 3.8) is 0 Å². The third-order valence-corrected chi connectivity index (χ3v) is 3.90. The second-order valence-electron chi connectivity index (χ2n) is 5.90. The zero-order valence-electron chi connectivity index (χ0n) is 15.6. The molecule has 28 heavy (non-hydrogen) atoms. The SMILES string of the molecule is COC(=O)COc1ccc(CNC(=O)CCc2ccc(C(=N)N)cc2)cc1.I. The van der Waals surface area contributed by atoms with Crippen molar-refractivity contribution in [2.45, 2.75) is 19.4 Å². The predicted molar refractivity (Wildman–Crippen MR) is 117 cm³/mol. The Morgan fingerprint density at radius 2 is 1.64 bits per heavy atom. The molecule has 2 rings (SSSR count). The lowest BCUT2D eigenvalue weighted by atomic mass is 10.1. The fraction of sp³-hybridized carbons (Fsp3) is 0.250. The van der Waals surface area contributed by atoms with Crippen LogP contribution in [0, 0.1) is 5.41 Å². The number of amides is 1. The highest BCUT2D eigenvalue weighted by molar-refractivity contribution is 14.0. The number of carbonyl (C=O) groups excluding carboxylic acids is 2. The number of hydrogen-bond donors (Lipinski definition) is 3. The molecule has 0 saturated heterocycles. The van der Waals surface area contributed by atoms with Crippen LogP contribution in [0.2, 0.25) is 0 Å². The van der Waals surface area contributed by atoms with Gasteiger partial charge in [0.2, 0.25) is 5.91 Å². The lowest BCUT2D eigenvalue weighted by Gasteiger charge is -2.08. The Bertz CT molecular complexity index is 792. The zero-order valence-corrected chi connectivity index (χ0v) is 17.9. The summed E-state index contributed by atoms with van der Waals surface area (Å²) >= 11 is 0. The summed E-state index contributed by atoms with van der Waals surface area (Å²) in [5.41, 5.74) is 8.03. The Morgan fingerprint density at radius 3 is 2.21 bits per heavy atom. The number of nitrogen functional groups attached to an aromatic ring is 1. The van der Waals surface area contributed by atoms with Crippen molar-refractivity contribution in [1.29, 1.82) is 5.41 Å². The number of carbonyl (C=O) groups is 2. The van der Waals surface area contributed by atoms with Crippen molar-refractivity contribution >= 4 is 41.7 Å². The third kappa shape index (κ3) is 7.95. The van der Waals surface area contributed by atoms with Gasteiger partial charge in [-0.1, -0.05) is 36.4 Å². The molecule has 0 fully saturated rings. The number of amidine groups is 1. The molecule has 150 valence electrons. The average molecular weight is 497 g/mol. The highest BCUT2D eigenvalue weighted by Gasteiger charge is 2.05. The normalized spacial score (nSPS) is 9.75. The number of hydrogen-bond acceptors (Lipinski definition) is 5. The van der Waals surface area contributed by atoms with Crippen LogP contribution >= 0.6 is 24.0 Å². The summed E-state index contributed by atoms with van der Waals surface area (Å²) in [7, 11) is 1.30. The monoisotopic (exact) mass is 497 g/mol. The van der Waals surface area contributed by atoms with Crippen molar-refractivity contribution in [2.24, 2.45) is 5.73 Å². The fourth-order valence-corrected chi connectivity index (χ4v) is 2.30. The minimum absolute atomic E-state index is 0. The number of rotatable bonds is 9. The molecule has 0 unspecified atom stereocenters. The van der Waals surface area contributed by atoms with Crippen molar-refractivity contribution < 1.29 is 19.1 Å². The second-order valence-corrected chi connectivity index (χ2v) is 5.90. The largest absolute Gasteiger partial charge is 0.482 e. The molecule has 0 radical (unpaired) electrons. The number of aryl methyl sites for hydroxylation is 1. The van der Waals surface area contributed by atoms with Gasteiger partial charge < -0.3 is 20.5 Å². The van der Waals surface area contributed by atoms with E-state index < -0.39 is 5.97 Å². The topological polar surface area (TPSA) is 114 Å². The maximum Gasteiger partial charge on any atom is 0.343 e. The van der Waals surface area contributed by atoms with Gasteiger partial charge in [0.1, 0.15) is 11.6 Å². The van der Waals surface area contributed by atoms with Crippen molar-refractivity contribution in [2.75, 3.05) is 13.7 Å². The van der Waals surface area contributed by atoms with Gasteiger partial charge in [0.25, 0.3) is 0 Å². The van der Waals surface area contributed by atoms with Crippen LogP contribution < -0.4 is 15.8 Å². The summed E-state index contributed by atoms with van der Waals surface area (Å²) in [6.07, 6.45) is 0.990. The van der Waals surface area contributed by atoms with Gasteiger partial charge in [-0.25, -0.2) is 4.79 Å². The molecule has 0 heterocycles. The molecular formula is C20H24IN3O4. The van der Waals surface area contributed by atoms with Crippen LogP contribution in [0.4, 0.5) is 0 Å². The van der Waals surface area contributed by atoms with E-state index >= 15 is 0 Å². The molecule has 0 aliphatic carbocycles. The van der Waals surface area contributed by atoms with Crippen LogP contribution in [-0.2, 0) is 27.3 Å². The number of methoxy groups -OCH3 is 1. The van der Waals surface area contributed by atoms with Gasteiger partial charge in [0.05, 0.1) is 7.11 Å². The molecule has 2 aromatic rings. The van der Waals surface area contributed by atoms with Gasteiger partial charge in [-0.2, -0.15) is 0 Å². The number of benzene rings is 2. The first-order chi connectivity index (χ1) is 13.0. The van der Waals surface area contributed by atoms with Crippen molar-refractivity contribution in [3.8, 4) is 5.75 Å². The van der Waals surface area contributed by atoms with E-state index in [0.717, 1.165) is 11.1 Å². The molecule has 0 saturated carbocycles. The Hall–Kier alpha value is -2.62. The summed E-state index contributed by atoms with van der Waals surface area (Å²) in [6.45, 7) is 0.277. The summed E-state index contributed by atoms with van der Waals surface area (Å²) in [5, 5.41) is 10.2. The van der Waals surface area contributed by atoms with Gasteiger partial charge >= 0.3 is 5.97 Å². The first-order valence-electron chi connectivity index (χ1n) is 8.46. The molecule has 0 aromatic heterocycles. The molecule has 4 N–H and O–H groups in total. The van der Waals surface area contributed by atoms with E-state index in [0.29, 0.717) is 30.7 Å². The summed E-state index contributed by atoms with van der Waals surface area (Å²) in [4.78, 5) is 23.0.